The van der Waals surface area contributed by atoms with Crippen molar-refractivity contribution >= 4 is 27.9 Å². The molecule has 0 saturated heterocycles. The molecule has 1 aliphatic rings. The first-order valence-electron chi connectivity index (χ1n) is 6.27. The minimum absolute atomic E-state index is 0.199. The molecule has 0 bridgehead atoms. The quantitative estimate of drug-likeness (QED) is 0.817. The van der Waals surface area contributed by atoms with Crippen molar-refractivity contribution in [1.29, 1.82) is 5.26 Å². The summed E-state index contributed by atoms with van der Waals surface area (Å²) in [5.41, 5.74) is 1.02. The first-order valence-corrected chi connectivity index (χ1v) is 7.06. The molecular weight excluding hydrogens is 338 g/mol. The Balaban J connectivity index is 2.48. The van der Waals surface area contributed by atoms with Gasteiger partial charge in [0, 0.05) is 10.4 Å². The van der Waals surface area contributed by atoms with E-state index in [-0.39, 0.29) is 6.42 Å². The maximum atomic E-state index is 11.5. The Hall–Kier alpha value is -2.13. The Kier molecular flexibility index (Phi) is 4.43. The summed E-state index contributed by atoms with van der Waals surface area (Å²) in [5.74, 6) is -4.82. The number of rotatable bonds is 3. The summed E-state index contributed by atoms with van der Waals surface area (Å²) in [4.78, 5) is 22.8. The van der Waals surface area contributed by atoms with E-state index in [0.717, 1.165) is 0 Å². The van der Waals surface area contributed by atoms with Gasteiger partial charge in [-0.1, -0.05) is 18.2 Å². The molecule has 0 heterocycles. The monoisotopic (exact) mass is 349 g/mol. The molecule has 0 spiro atoms. The van der Waals surface area contributed by atoms with Crippen molar-refractivity contribution in [3.63, 3.8) is 0 Å². The van der Waals surface area contributed by atoms with Crippen molar-refractivity contribution in [2.45, 2.75) is 12.3 Å². The lowest BCUT2D eigenvalue weighted by atomic mass is 9.73. The van der Waals surface area contributed by atoms with E-state index in [1.54, 1.807) is 30.4 Å². The van der Waals surface area contributed by atoms with E-state index in [1.807, 2.05) is 6.07 Å². The number of aliphatic carboxylic acids is 2. The van der Waals surface area contributed by atoms with Crippen LogP contribution in [-0.4, -0.2) is 22.2 Å². The van der Waals surface area contributed by atoms with Crippen LogP contribution in [0.2, 0.25) is 0 Å². The minimum Gasteiger partial charge on any atom is -0.481 e. The van der Waals surface area contributed by atoms with Crippen LogP contribution >= 0.6 is 15.9 Å². The maximum Gasteiger partial charge on any atom is 0.308 e. The van der Waals surface area contributed by atoms with Crippen LogP contribution in [0.1, 0.15) is 23.5 Å². The molecule has 5 nitrogen and oxygen atoms in total. The number of benzene rings is 1. The van der Waals surface area contributed by atoms with E-state index >= 15 is 0 Å². The molecule has 2 unspecified atom stereocenters. The van der Waals surface area contributed by atoms with Gasteiger partial charge in [-0.05, 0) is 40.0 Å². The van der Waals surface area contributed by atoms with E-state index in [2.05, 4.69) is 15.9 Å². The lowest BCUT2D eigenvalue weighted by molar-refractivity contribution is -0.154. The summed E-state index contributed by atoms with van der Waals surface area (Å²) >= 11 is 3.24. The topological polar surface area (TPSA) is 98.4 Å². The number of carboxylic acid groups (broad SMARTS) is 2. The van der Waals surface area contributed by atoms with E-state index < -0.39 is 29.7 Å². The van der Waals surface area contributed by atoms with Crippen LogP contribution in [0.3, 0.4) is 0 Å². The number of hydrogen-bond donors (Lipinski definition) is 2. The first kappa shape index (κ1) is 15.3. The summed E-state index contributed by atoms with van der Waals surface area (Å²) in [5, 5.41) is 27.7. The van der Waals surface area contributed by atoms with Crippen molar-refractivity contribution in [3.05, 3.63) is 46.0 Å². The lowest BCUT2D eigenvalue weighted by Crippen LogP contribution is -2.35. The third-order valence-electron chi connectivity index (χ3n) is 3.65. The molecule has 2 N–H and O–H groups in total. The third-order valence-corrected chi connectivity index (χ3v) is 4.34. The van der Waals surface area contributed by atoms with E-state index in [0.29, 0.717) is 15.6 Å². The molecule has 0 aliphatic heterocycles. The van der Waals surface area contributed by atoms with Gasteiger partial charge in [-0.25, -0.2) is 0 Å². The van der Waals surface area contributed by atoms with Crippen LogP contribution in [0.5, 0.6) is 0 Å². The Morgan fingerprint density at radius 1 is 1.29 bits per heavy atom. The summed E-state index contributed by atoms with van der Waals surface area (Å²) in [6.07, 6.45) is 3.60. The fourth-order valence-electron chi connectivity index (χ4n) is 2.62. The predicted octanol–water partition coefficient (Wildman–Crippen LogP) is 2.77. The zero-order chi connectivity index (χ0) is 15.6. The number of carboxylic acids is 2. The molecule has 2 rings (SSSR count). The summed E-state index contributed by atoms with van der Waals surface area (Å²) in [7, 11) is 0. The van der Waals surface area contributed by atoms with Gasteiger partial charge in [0.25, 0.3) is 0 Å². The largest absolute Gasteiger partial charge is 0.481 e. The Bertz CT molecular complexity index is 662. The second-order valence-electron chi connectivity index (χ2n) is 4.85. The Morgan fingerprint density at radius 2 is 2.00 bits per heavy atom. The number of allylic oxidation sites excluding steroid dienone is 2. The first-order chi connectivity index (χ1) is 9.95. The summed E-state index contributed by atoms with van der Waals surface area (Å²) in [6.45, 7) is 0. The van der Waals surface area contributed by atoms with Crippen LogP contribution in [0.4, 0.5) is 0 Å². The van der Waals surface area contributed by atoms with Crippen molar-refractivity contribution < 1.29 is 19.8 Å². The van der Waals surface area contributed by atoms with Crippen LogP contribution in [-0.2, 0) is 9.59 Å². The predicted molar refractivity (Wildman–Crippen MR) is 77.6 cm³/mol. The summed E-state index contributed by atoms with van der Waals surface area (Å²) in [6, 6.07) is 6.99. The van der Waals surface area contributed by atoms with Crippen molar-refractivity contribution in [2.24, 2.45) is 11.8 Å². The molecule has 1 aromatic rings. The molecule has 21 heavy (non-hydrogen) atoms. The zero-order valence-electron chi connectivity index (χ0n) is 10.9. The van der Waals surface area contributed by atoms with Crippen LogP contribution < -0.4 is 0 Å². The number of halogens is 1. The highest BCUT2D eigenvalue weighted by Crippen LogP contribution is 2.38. The molecule has 0 fully saturated rings. The van der Waals surface area contributed by atoms with Gasteiger partial charge in [0.05, 0.1) is 17.4 Å². The van der Waals surface area contributed by atoms with Gasteiger partial charge in [0.1, 0.15) is 6.07 Å². The van der Waals surface area contributed by atoms with Gasteiger partial charge in [-0.3, -0.25) is 9.59 Å². The molecule has 1 aliphatic carbocycles. The Labute approximate surface area is 129 Å². The van der Waals surface area contributed by atoms with Gasteiger partial charge in [0.2, 0.25) is 0 Å². The molecule has 0 amide bonds. The highest BCUT2D eigenvalue weighted by molar-refractivity contribution is 9.10. The smallest absolute Gasteiger partial charge is 0.308 e. The van der Waals surface area contributed by atoms with E-state index in [1.165, 1.54) is 0 Å². The van der Waals surface area contributed by atoms with Gasteiger partial charge in [-0.2, -0.15) is 5.26 Å². The SMILES string of the molecule is N#Cc1cc(C2C=CC[C@H](C(=O)O)C2C(=O)O)ccc1Br. The Morgan fingerprint density at radius 3 is 2.57 bits per heavy atom. The normalized spacial score (nSPS) is 24.3. The van der Waals surface area contributed by atoms with Crippen molar-refractivity contribution in [2.75, 3.05) is 0 Å². The molecule has 6 heteroatoms. The zero-order valence-corrected chi connectivity index (χ0v) is 12.4. The number of carbonyl (C=O) groups is 2. The molecule has 108 valence electrons. The molecule has 0 radical (unpaired) electrons. The highest BCUT2D eigenvalue weighted by atomic mass is 79.9. The number of nitriles is 1. The number of nitrogens with zero attached hydrogens (tertiary/aromatic N) is 1. The van der Waals surface area contributed by atoms with Gasteiger partial charge in [0.15, 0.2) is 0 Å². The maximum absolute atomic E-state index is 11.5. The van der Waals surface area contributed by atoms with Crippen LogP contribution in [0, 0.1) is 23.2 Å². The molecule has 1 aromatic carbocycles. The fourth-order valence-corrected chi connectivity index (χ4v) is 2.96. The molecular formula is C15H12BrNO4. The standard InChI is InChI=1S/C15H12BrNO4/c16-12-5-4-8(6-9(12)7-17)10-2-1-3-11(14(18)19)13(10)15(20)21/h1-2,4-6,10-11,13H,3H2,(H,18,19)(H,20,21)/t10?,11-,13?/m0/s1. The molecule has 0 saturated carbocycles. The second kappa shape index (κ2) is 6.10. The van der Waals surface area contributed by atoms with Gasteiger partial charge in [-0.15, -0.1) is 0 Å². The average molecular weight is 350 g/mol. The number of hydrogen-bond acceptors (Lipinski definition) is 3. The highest BCUT2D eigenvalue weighted by Gasteiger charge is 2.40. The van der Waals surface area contributed by atoms with E-state index in [4.69, 9.17) is 5.26 Å². The molecule has 3 atom stereocenters. The van der Waals surface area contributed by atoms with Crippen LogP contribution in [0.15, 0.2) is 34.8 Å². The van der Waals surface area contributed by atoms with E-state index in [9.17, 15) is 19.8 Å². The second-order valence-corrected chi connectivity index (χ2v) is 5.70. The van der Waals surface area contributed by atoms with Crippen LogP contribution in [0.25, 0.3) is 0 Å². The fraction of sp³-hybridized carbons (Fsp3) is 0.267. The molecule has 0 aromatic heterocycles. The third kappa shape index (κ3) is 2.98. The van der Waals surface area contributed by atoms with Gasteiger partial charge >= 0.3 is 11.9 Å². The minimum atomic E-state index is -1.14. The van der Waals surface area contributed by atoms with Crippen molar-refractivity contribution in [1.82, 2.24) is 0 Å². The summed E-state index contributed by atoms with van der Waals surface area (Å²) < 4.78 is 0.621. The van der Waals surface area contributed by atoms with Crippen molar-refractivity contribution in [3.8, 4) is 6.07 Å². The van der Waals surface area contributed by atoms with Gasteiger partial charge < -0.3 is 10.2 Å². The lowest BCUT2D eigenvalue weighted by Gasteiger charge is -2.29. The average Bonchev–Trinajstić information content (AvgIpc) is 2.46.